The van der Waals surface area contributed by atoms with Gasteiger partial charge >= 0.3 is 0 Å². The minimum Gasteiger partial charge on any atom is -0.415 e. The van der Waals surface area contributed by atoms with Gasteiger partial charge in [-0.1, -0.05) is 17.8 Å². The summed E-state index contributed by atoms with van der Waals surface area (Å²) in [6, 6.07) is 15.1. The first-order valence-corrected chi connectivity index (χ1v) is 9.14. The highest BCUT2D eigenvalue weighted by Gasteiger charge is 2.19. The van der Waals surface area contributed by atoms with Crippen molar-refractivity contribution in [3.05, 3.63) is 66.1 Å². The molecule has 4 rings (SSSR count). The maximum Gasteiger partial charge on any atom is 0.266 e. The Kier molecular flexibility index (Phi) is 4.44. The fourth-order valence-corrected chi connectivity index (χ4v) is 3.18. The number of benzene rings is 2. The predicted molar refractivity (Wildman–Crippen MR) is 98.7 cm³/mol. The Balaban J connectivity index is 1.79. The lowest BCUT2D eigenvalue weighted by molar-refractivity contribution is 0.579. The highest BCUT2D eigenvalue weighted by Crippen LogP contribution is 2.30. The molecule has 0 amide bonds. The molecule has 0 unspecified atom stereocenters. The van der Waals surface area contributed by atoms with Gasteiger partial charge in [0.1, 0.15) is 11.5 Å². The molecule has 0 atom stereocenters. The molecule has 0 aliphatic rings. The largest absolute Gasteiger partial charge is 0.415 e. The molecule has 0 aliphatic heterocycles. The fraction of sp³-hybridized carbons (Fsp3) is 0.0526. The molecule has 4 aromatic rings. The van der Waals surface area contributed by atoms with Gasteiger partial charge in [-0.3, -0.25) is 4.57 Å². The molecule has 2 aromatic carbocycles. The lowest BCUT2D eigenvalue weighted by Gasteiger charge is -2.08. The Hall–Kier alpha value is -3.44. The van der Waals surface area contributed by atoms with Crippen LogP contribution in [0.4, 0.5) is 4.39 Å². The van der Waals surface area contributed by atoms with Crippen LogP contribution in [-0.2, 0) is 0 Å². The van der Waals surface area contributed by atoms with Gasteiger partial charge in [0.2, 0.25) is 5.89 Å². The molecule has 0 bridgehead atoms. The lowest BCUT2D eigenvalue weighted by atomic mass is 10.1. The van der Waals surface area contributed by atoms with Crippen molar-refractivity contribution in [1.82, 2.24) is 19.7 Å². The van der Waals surface area contributed by atoms with E-state index >= 15 is 0 Å². The SMILES string of the molecule is CSc1ncc(-c2nnc(-c3cccc(C#N)c3)o2)n1-c1ccc(F)cc1. The van der Waals surface area contributed by atoms with Crippen molar-refractivity contribution in [2.24, 2.45) is 0 Å². The number of rotatable bonds is 4. The summed E-state index contributed by atoms with van der Waals surface area (Å²) in [5.41, 5.74) is 2.50. The second kappa shape index (κ2) is 7.05. The van der Waals surface area contributed by atoms with Gasteiger partial charge in [-0.25, -0.2) is 9.37 Å². The molecular weight excluding hydrogens is 365 g/mol. The second-order valence-electron chi connectivity index (χ2n) is 5.55. The van der Waals surface area contributed by atoms with Crippen molar-refractivity contribution in [3.63, 3.8) is 0 Å². The van der Waals surface area contributed by atoms with Crippen molar-refractivity contribution in [2.75, 3.05) is 6.26 Å². The van der Waals surface area contributed by atoms with Gasteiger partial charge in [0.05, 0.1) is 17.8 Å². The quantitative estimate of drug-likeness (QED) is 0.493. The summed E-state index contributed by atoms with van der Waals surface area (Å²) in [4.78, 5) is 4.38. The smallest absolute Gasteiger partial charge is 0.266 e. The Morgan fingerprint density at radius 2 is 1.89 bits per heavy atom. The van der Waals surface area contributed by atoms with E-state index in [2.05, 4.69) is 21.3 Å². The number of imidazole rings is 1. The Morgan fingerprint density at radius 1 is 1.11 bits per heavy atom. The molecule has 0 N–H and O–H groups in total. The fourth-order valence-electron chi connectivity index (χ4n) is 2.63. The minimum absolute atomic E-state index is 0.282. The maximum absolute atomic E-state index is 13.3. The van der Waals surface area contributed by atoms with Gasteiger partial charge in [-0.05, 0) is 48.7 Å². The summed E-state index contributed by atoms with van der Waals surface area (Å²) in [7, 11) is 0. The van der Waals surface area contributed by atoms with Gasteiger partial charge in [0.15, 0.2) is 5.16 Å². The standard InChI is InChI=1S/C19H12FN5OS/c1-27-19-22-11-16(25(19)15-7-5-14(20)6-8-15)18-24-23-17(26-18)13-4-2-3-12(9-13)10-21/h2-9,11H,1H3. The van der Waals surface area contributed by atoms with E-state index in [-0.39, 0.29) is 11.7 Å². The van der Waals surface area contributed by atoms with Gasteiger partial charge in [-0.2, -0.15) is 5.26 Å². The normalized spacial score (nSPS) is 10.7. The van der Waals surface area contributed by atoms with E-state index < -0.39 is 0 Å². The van der Waals surface area contributed by atoms with Crippen LogP contribution in [-0.4, -0.2) is 26.0 Å². The molecule has 2 aromatic heterocycles. The van der Waals surface area contributed by atoms with Gasteiger partial charge < -0.3 is 4.42 Å². The van der Waals surface area contributed by atoms with E-state index in [0.29, 0.717) is 27.9 Å². The van der Waals surface area contributed by atoms with Crippen molar-refractivity contribution in [1.29, 1.82) is 5.26 Å². The molecule has 8 heteroatoms. The molecule has 0 aliphatic carbocycles. The molecule has 0 radical (unpaired) electrons. The molecule has 132 valence electrons. The average Bonchev–Trinajstić information content (AvgIpc) is 3.35. The summed E-state index contributed by atoms with van der Waals surface area (Å²) in [6.45, 7) is 0. The molecule has 0 spiro atoms. The van der Waals surface area contributed by atoms with Crippen LogP contribution in [0.2, 0.25) is 0 Å². The maximum atomic E-state index is 13.3. The van der Waals surface area contributed by atoms with Crippen LogP contribution in [0.25, 0.3) is 28.7 Å². The average molecular weight is 377 g/mol. The topological polar surface area (TPSA) is 80.5 Å². The third-order valence-electron chi connectivity index (χ3n) is 3.88. The van der Waals surface area contributed by atoms with E-state index in [1.165, 1.54) is 23.9 Å². The third kappa shape index (κ3) is 3.20. The number of hydrogen-bond acceptors (Lipinski definition) is 6. The summed E-state index contributed by atoms with van der Waals surface area (Å²) < 4.78 is 20.9. The van der Waals surface area contributed by atoms with E-state index in [9.17, 15) is 4.39 Å². The zero-order valence-electron chi connectivity index (χ0n) is 14.1. The van der Waals surface area contributed by atoms with Crippen molar-refractivity contribution in [2.45, 2.75) is 5.16 Å². The Morgan fingerprint density at radius 3 is 2.63 bits per heavy atom. The summed E-state index contributed by atoms with van der Waals surface area (Å²) in [5, 5.41) is 18.0. The van der Waals surface area contributed by atoms with Gasteiger partial charge in [0.25, 0.3) is 5.89 Å². The molecule has 0 saturated carbocycles. The third-order valence-corrected chi connectivity index (χ3v) is 4.53. The first-order chi connectivity index (χ1) is 13.2. The first kappa shape index (κ1) is 17.0. The van der Waals surface area contributed by atoms with E-state index in [1.54, 1.807) is 42.6 Å². The van der Waals surface area contributed by atoms with Crippen molar-refractivity contribution < 1.29 is 8.81 Å². The van der Waals surface area contributed by atoms with Crippen LogP contribution >= 0.6 is 11.8 Å². The highest BCUT2D eigenvalue weighted by atomic mass is 32.2. The first-order valence-electron chi connectivity index (χ1n) is 7.91. The minimum atomic E-state index is -0.316. The number of halogens is 1. The number of aromatic nitrogens is 4. The molecule has 2 heterocycles. The Bertz CT molecular complexity index is 1140. The zero-order chi connectivity index (χ0) is 18.8. The Labute approximate surface area is 158 Å². The zero-order valence-corrected chi connectivity index (χ0v) is 14.9. The number of thioether (sulfide) groups is 1. The molecule has 0 fully saturated rings. The van der Waals surface area contributed by atoms with E-state index in [0.717, 1.165) is 5.69 Å². The predicted octanol–water partition coefficient (Wildman–Crippen LogP) is 4.32. The van der Waals surface area contributed by atoms with Crippen LogP contribution in [0.5, 0.6) is 0 Å². The summed E-state index contributed by atoms with van der Waals surface area (Å²) in [5.74, 6) is 0.271. The summed E-state index contributed by atoms with van der Waals surface area (Å²) >= 11 is 1.45. The highest BCUT2D eigenvalue weighted by molar-refractivity contribution is 7.98. The van der Waals surface area contributed by atoms with Crippen LogP contribution in [0, 0.1) is 17.1 Å². The van der Waals surface area contributed by atoms with Crippen LogP contribution < -0.4 is 0 Å². The van der Waals surface area contributed by atoms with Crippen molar-refractivity contribution >= 4 is 11.8 Å². The van der Waals surface area contributed by atoms with Crippen LogP contribution in [0.3, 0.4) is 0 Å². The molecule has 6 nitrogen and oxygen atoms in total. The molecule has 27 heavy (non-hydrogen) atoms. The number of hydrogen-bond donors (Lipinski definition) is 0. The monoisotopic (exact) mass is 377 g/mol. The van der Waals surface area contributed by atoms with Gasteiger partial charge in [-0.15, -0.1) is 10.2 Å². The summed E-state index contributed by atoms with van der Waals surface area (Å²) in [6.07, 6.45) is 3.54. The lowest BCUT2D eigenvalue weighted by Crippen LogP contribution is -1.99. The molecular formula is C19H12FN5OS. The van der Waals surface area contributed by atoms with E-state index in [1.807, 2.05) is 10.8 Å². The van der Waals surface area contributed by atoms with Crippen molar-refractivity contribution in [3.8, 4) is 34.8 Å². The van der Waals surface area contributed by atoms with E-state index in [4.69, 9.17) is 9.68 Å². The van der Waals surface area contributed by atoms with Crippen LogP contribution in [0.1, 0.15) is 5.56 Å². The van der Waals surface area contributed by atoms with Gasteiger partial charge in [0, 0.05) is 11.3 Å². The number of nitrogens with zero attached hydrogens (tertiary/aromatic N) is 5. The number of nitriles is 1. The molecule has 0 saturated heterocycles. The second-order valence-corrected chi connectivity index (χ2v) is 6.32. The van der Waals surface area contributed by atoms with Crippen LogP contribution in [0.15, 0.2) is 64.3 Å².